The van der Waals surface area contributed by atoms with Crippen molar-refractivity contribution < 1.29 is 9.15 Å². The van der Waals surface area contributed by atoms with Crippen LogP contribution in [0, 0.1) is 0 Å². The summed E-state index contributed by atoms with van der Waals surface area (Å²) < 4.78 is 10.4. The molecule has 3 rings (SSSR count). The van der Waals surface area contributed by atoms with Gasteiger partial charge in [-0.3, -0.25) is 15.2 Å². The molecule has 2 aromatic heterocycles. The highest BCUT2D eigenvalue weighted by Gasteiger charge is 2.12. The SMILES string of the molecule is O=c1[nH]c(NN2CCOCC2)nnc1Cc1ccco1. The summed E-state index contributed by atoms with van der Waals surface area (Å²) in [6.07, 6.45) is 1.89. The fraction of sp³-hybridized carbons (Fsp3) is 0.417. The van der Waals surface area contributed by atoms with Crippen LogP contribution in [0.3, 0.4) is 0 Å². The van der Waals surface area contributed by atoms with Gasteiger partial charge < -0.3 is 9.15 Å². The Morgan fingerprint density at radius 2 is 2.20 bits per heavy atom. The predicted molar refractivity (Wildman–Crippen MR) is 70.2 cm³/mol. The van der Waals surface area contributed by atoms with E-state index in [0.29, 0.717) is 37.0 Å². The van der Waals surface area contributed by atoms with Gasteiger partial charge in [0.1, 0.15) is 11.5 Å². The summed E-state index contributed by atoms with van der Waals surface area (Å²) in [5, 5.41) is 9.84. The van der Waals surface area contributed by atoms with Gasteiger partial charge >= 0.3 is 0 Å². The molecular formula is C12H15N5O3. The maximum atomic E-state index is 11.9. The topological polar surface area (TPSA) is 96.3 Å². The number of nitrogens with zero attached hydrogens (tertiary/aromatic N) is 3. The van der Waals surface area contributed by atoms with E-state index in [1.54, 1.807) is 18.4 Å². The molecule has 8 heteroatoms. The van der Waals surface area contributed by atoms with Gasteiger partial charge in [0.05, 0.1) is 25.9 Å². The van der Waals surface area contributed by atoms with Crippen molar-refractivity contribution in [2.24, 2.45) is 0 Å². The van der Waals surface area contributed by atoms with Gasteiger partial charge in [-0.2, -0.15) is 0 Å². The molecule has 2 N–H and O–H groups in total. The Morgan fingerprint density at radius 1 is 1.35 bits per heavy atom. The average Bonchev–Trinajstić information content (AvgIpc) is 2.96. The Kier molecular flexibility index (Phi) is 3.75. The second-order valence-corrected chi connectivity index (χ2v) is 4.42. The summed E-state index contributed by atoms with van der Waals surface area (Å²) >= 11 is 0. The number of hydrazine groups is 1. The molecule has 0 aromatic carbocycles. The van der Waals surface area contributed by atoms with Gasteiger partial charge in [-0.1, -0.05) is 0 Å². The second kappa shape index (κ2) is 5.85. The zero-order valence-electron chi connectivity index (χ0n) is 10.8. The third-order valence-corrected chi connectivity index (χ3v) is 2.96. The molecule has 20 heavy (non-hydrogen) atoms. The first-order valence-corrected chi connectivity index (χ1v) is 6.39. The first-order valence-electron chi connectivity index (χ1n) is 6.39. The van der Waals surface area contributed by atoms with E-state index < -0.39 is 0 Å². The molecule has 0 spiro atoms. The molecule has 0 unspecified atom stereocenters. The fourth-order valence-electron chi connectivity index (χ4n) is 1.93. The predicted octanol–water partition coefficient (Wildman–Crippen LogP) is 0.00780. The van der Waals surface area contributed by atoms with Crippen molar-refractivity contribution >= 4 is 5.95 Å². The number of nitrogens with one attached hydrogen (secondary N) is 2. The number of anilines is 1. The quantitative estimate of drug-likeness (QED) is 0.812. The minimum Gasteiger partial charge on any atom is -0.469 e. The molecule has 0 atom stereocenters. The van der Waals surface area contributed by atoms with Crippen LogP contribution in [0.1, 0.15) is 11.5 Å². The van der Waals surface area contributed by atoms with Gasteiger partial charge in [0, 0.05) is 13.1 Å². The molecule has 2 aromatic rings. The van der Waals surface area contributed by atoms with Gasteiger partial charge in [0.2, 0.25) is 5.95 Å². The first kappa shape index (κ1) is 12.8. The number of aromatic nitrogens is 3. The Hall–Kier alpha value is -2.19. The van der Waals surface area contributed by atoms with Gasteiger partial charge in [0.15, 0.2) is 0 Å². The molecule has 1 aliphatic rings. The number of aromatic amines is 1. The molecule has 106 valence electrons. The minimum atomic E-state index is -0.271. The average molecular weight is 277 g/mol. The van der Waals surface area contributed by atoms with Crippen LogP contribution in [-0.2, 0) is 11.2 Å². The lowest BCUT2D eigenvalue weighted by Crippen LogP contribution is -2.41. The van der Waals surface area contributed by atoms with Crippen LogP contribution in [-0.4, -0.2) is 46.5 Å². The number of furan rings is 1. The smallest absolute Gasteiger partial charge is 0.274 e. The van der Waals surface area contributed by atoms with Crippen LogP contribution < -0.4 is 11.0 Å². The molecule has 0 aliphatic carbocycles. The maximum Gasteiger partial charge on any atom is 0.274 e. The van der Waals surface area contributed by atoms with Crippen LogP contribution in [0.5, 0.6) is 0 Å². The van der Waals surface area contributed by atoms with Crippen LogP contribution in [0.25, 0.3) is 0 Å². The van der Waals surface area contributed by atoms with Crippen LogP contribution in [0.15, 0.2) is 27.6 Å². The molecule has 0 amide bonds. The molecule has 0 bridgehead atoms. The van der Waals surface area contributed by atoms with Crippen LogP contribution in [0.4, 0.5) is 5.95 Å². The van der Waals surface area contributed by atoms with E-state index in [-0.39, 0.29) is 5.56 Å². The molecular weight excluding hydrogens is 262 g/mol. The fourth-order valence-corrected chi connectivity index (χ4v) is 1.93. The van der Waals surface area contributed by atoms with Crippen molar-refractivity contribution in [3.8, 4) is 0 Å². The number of rotatable bonds is 4. The molecule has 3 heterocycles. The van der Waals surface area contributed by atoms with Gasteiger partial charge in [-0.05, 0) is 12.1 Å². The van der Waals surface area contributed by atoms with Crippen molar-refractivity contribution in [1.29, 1.82) is 0 Å². The Morgan fingerprint density at radius 3 is 2.90 bits per heavy atom. The second-order valence-electron chi connectivity index (χ2n) is 4.42. The standard InChI is InChI=1S/C12H15N5O3/c18-11-10(8-9-2-1-5-20-9)14-15-12(13-11)16-17-3-6-19-7-4-17/h1-2,5H,3-4,6-8H2,(H2,13,15,16,18). The van der Waals surface area contributed by atoms with Crippen LogP contribution >= 0.6 is 0 Å². The number of H-pyrrole nitrogens is 1. The Labute approximate surface area is 114 Å². The van der Waals surface area contributed by atoms with Crippen molar-refractivity contribution in [2.45, 2.75) is 6.42 Å². The van der Waals surface area contributed by atoms with E-state index in [2.05, 4.69) is 20.6 Å². The van der Waals surface area contributed by atoms with E-state index in [1.165, 1.54) is 0 Å². The van der Waals surface area contributed by atoms with Crippen LogP contribution in [0.2, 0.25) is 0 Å². The largest absolute Gasteiger partial charge is 0.469 e. The number of morpholine rings is 1. The third kappa shape index (κ3) is 3.03. The van der Waals surface area contributed by atoms with Gasteiger partial charge in [0.25, 0.3) is 5.56 Å². The summed E-state index contributed by atoms with van der Waals surface area (Å²) in [4.78, 5) is 14.6. The first-order chi connectivity index (χ1) is 9.81. The van der Waals surface area contributed by atoms with E-state index >= 15 is 0 Å². The van der Waals surface area contributed by atoms with Gasteiger partial charge in [-0.25, -0.2) is 5.01 Å². The lowest BCUT2D eigenvalue weighted by molar-refractivity contribution is 0.0492. The van der Waals surface area contributed by atoms with Crippen molar-refractivity contribution in [1.82, 2.24) is 20.2 Å². The lowest BCUT2D eigenvalue weighted by atomic mass is 10.2. The van der Waals surface area contributed by atoms with Crippen molar-refractivity contribution in [2.75, 3.05) is 31.7 Å². The third-order valence-electron chi connectivity index (χ3n) is 2.96. The normalized spacial score (nSPS) is 16.2. The van der Waals surface area contributed by atoms with Crippen molar-refractivity contribution in [3.63, 3.8) is 0 Å². The Balaban J connectivity index is 1.68. The molecule has 8 nitrogen and oxygen atoms in total. The van der Waals surface area contributed by atoms with E-state index in [4.69, 9.17) is 9.15 Å². The number of hydrogen-bond donors (Lipinski definition) is 2. The monoisotopic (exact) mass is 277 g/mol. The van der Waals surface area contributed by atoms with E-state index in [1.807, 2.05) is 5.01 Å². The Bertz CT molecular complexity index is 604. The minimum absolute atomic E-state index is 0.271. The summed E-state index contributed by atoms with van der Waals surface area (Å²) in [5.41, 5.74) is 3.06. The highest BCUT2D eigenvalue weighted by Crippen LogP contribution is 2.05. The highest BCUT2D eigenvalue weighted by atomic mass is 16.5. The molecule has 1 aliphatic heterocycles. The molecule has 1 saturated heterocycles. The van der Waals surface area contributed by atoms with Crippen molar-refractivity contribution in [3.05, 3.63) is 40.2 Å². The van der Waals surface area contributed by atoms with Gasteiger partial charge in [-0.15, -0.1) is 10.2 Å². The van der Waals surface area contributed by atoms with E-state index in [9.17, 15) is 4.79 Å². The molecule has 1 fully saturated rings. The molecule has 0 saturated carbocycles. The highest BCUT2D eigenvalue weighted by molar-refractivity contribution is 5.21. The number of ether oxygens (including phenoxy) is 1. The summed E-state index contributed by atoms with van der Waals surface area (Å²) in [6.45, 7) is 2.78. The zero-order valence-corrected chi connectivity index (χ0v) is 10.8. The molecule has 0 radical (unpaired) electrons. The lowest BCUT2D eigenvalue weighted by Gasteiger charge is -2.26. The summed E-state index contributed by atoms with van der Waals surface area (Å²) in [7, 11) is 0. The number of hydrogen-bond acceptors (Lipinski definition) is 7. The summed E-state index contributed by atoms with van der Waals surface area (Å²) in [5.74, 6) is 1.01. The maximum absolute atomic E-state index is 11.9. The van der Waals surface area contributed by atoms with E-state index in [0.717, 1.165) is 13.1 Å². The zero-order chi connectivity index (χ0) is 13.8. The summed E-state index contributed by atoms with van der Waals surface area (Å²) in [6, 6.07) is 3.56.